The van der Waals surface area contributed by atoms with E-state index in [1.165, 1.54) is 40.4 Å². The van der Waals surface area contributed by atoms with Crippen LogP contribution >= 0.6 is 23.1 Å². The van der Waals surface area contributed by atoms with Crippen LogP contribution in [-0.2, 0) is 17.6 Å². The van der Waals surface area contributed by atoms with Gasteiger partial charge in [-0.05, 0) is 55.5 Å². The van der Waals surface area contributed by atoms with Crippen molar-refractivity contribution in [2.24, 2.45) is 0 Å². The van der Waals surface area contributed by atoms with Gasteiger partial charge in [0.25, 0.3) is 0 Å². The van der Waals surface area contributed by atoms with Gasteiger partial charge in [0.1, 0.15) is 15.7 Å². The number of hydrogen-bond acceptors (Lipinski definition) is 6. The summed E-state index contributed by atoms with van der Waals surface area (Å²) in [6.45, 7) is 4.24. The highest BCUT2D eigenvalue weighted by molar-refractivity contribution is 8.00. The average molecular weight is 441 g/mol. The smallest absolute Gasteiger partial charge is 0.234 e. The summed E-state index contributed by atoms with van der Waals surface area (Å²) in [6.07, 6.45) is 4.71. The van der Waals surface area contributed by atoms with Crippen LogP contribution in [0, 0.1) is 0 Å². The minimum Gasteiger partial charge on any atom is -0.378 e. The first-order valence-corrected chi connectivity index (χ1v) is 12.2. The van der Waals surface area contributed by atoms with Gasteiger partial charge in [0.05, 0.1) is 5.75 Å². The van der Waals surface area contributed by atoms with Gasteiger partial charge in [-0.25, -0.2) is 9.97 Å². The molecule has 1 aliphatic carbocycles. The van der Waals surface area contributed by atoms with Crippen LogP contribution < -0.4 is 10.2 Å². The first kappa shape index (κ1) is 21.1. The number of carbonyl (C=O) groups is 1. The fourth-order valence-corrected chi connectivity index (χ4v) is 5.87. The van der Waals surface area contributed by atoms with Crippen molar-refractivity contribution in [1.82, 2.24) is 9.97 Å². The number of aryl methyl sites for hydroxylation is 2. The molecular formula is C23H28N4OS2. The molecule has 0 saturated heterocycles. The zero-order chi connectivity index (χ0) is 21.3. The van der Waals surface area contributed by atoms with E-state index < -0.39 is 0 Å². The summed E-state index contributed by atoms with van der Waals surface area (Å²) in [5, 5.41) is 5.15. The van der Waals surface area contributed by atoms with Crippen molar-refractivity contribution < 1.29 is 4.79 Å². The lowest BCUT2D eigenvalue weighted by molar-refractivity contribution is -0.113. The van der Waals surface area contributed by atoms with E-state index in [1.807, 2.05) is 54.6 Å². The number of fused-ring (bicyclic) bond motifs is 3. The number of hydrogen-bond donors (Lipinski definition) is 1. The summed E-state index contributed by atoms with van der Waals surface area (Å²) in [7, 11) is 4.00. The molecule has 1 aliphatic rings. The predicted molar refractivity (Wildman–Crippen MR) is 128 cm³/mol. The second kappa shape index (κ2) is 8.94. The van der Waals surface area contributed by atoms with Crippen LogP contribution in [0.25, 0.3) is 10.2 Å². The summed E-state index contributed by atoms with van der Waals surface area (Å²) < 4.78 is 0. The van der Waals surface area contributed by atoms with Gasteiger partial charge in [0, 0.05) is 41.7 Å². The zero-order valence-corrected chi connectivity index (χ0v) is 19.6. The van der Waals surface area contributed by atoms with Crippen molar-refractivity contribution in [1.29, 1.82) is 0 Å². The Bertz CT molecular complexity index is 1060. The Kier molecular flexibility index (Phi) is 6.29. The molecule has 2 aromatic heterocycles. The van der Waals surface area contributed by atoms with Gasteiger partial charge in [-0.2, -0.15) is 0 Å². The number of anilines is 2. The second-order valence-corrected chi connectivity index (χ2v) is 10.3. The Morgan fingerprint density at radius 2 is 1.90 bits per heavy atom. The SMILES string of the molecule is CC(C)c1nc(SCC(=O)Nc2ccc(N(C)C)cc2)c2c3c(sc2n1)CCCC3. The summed E-state index contributed by atoms with van der Waals surface area (Å²) in [5.74, 6) is 1.45. The van der Waals surface area contributed by atoms with Crippen LogP contribution in [0.1, 0.15) is 48.9 Å². The Labute approximate surface area is 186 Å². The maximum absolute atomic E-state index is 12.6. The third-order valence-electron chi connectivity index (χ3n) is 5.32. The standard InChI is InChI=1S/C23H28N4OS2/c1-14(2)21-25-22(20-17-7-5-6-8-18(17)30-23(20)26-21)29-13-19(28)24-15-9-11-16(12-10-15)27(3)4/h9-12,14H,5-8,13H2,1-4H3,(H,24,28). The summed E-state index contributed by atoms with van der Waals surface area (Å²) in [6, 6.07) is 7.88. The number of carbonyl (C=O) groups excluding carboxylic acids is 1. The van der Waals surface area contributed by atoms with Gasteiger partial charge in [0.2, 0.25) is 5.91 Å². The van der Waals surface area contributed by atoms with E-state index in [0.717, 1.165) is 39.9 Å². The molecule has 1 aromatic carbocycles. The number of aromatic nitrogens is 2. The molecule has 1 amide bonds. The molecule has 7 heteroatoms. The van der Waals surface area contributed by atoms with Crippen molar-refractivity contribution in [2.45, 2.75) is 50.5 Å². The third kappa shape index (κ3) is 4.47. The Morgan fingerprint density at radius 3 is 2.60 bits per heavy atom. The highest BCUT2D eigenvalue weighted by atomic mass is 32.2. The van der Waals surface area contributed by atoms with Crippen molar-refractivity contribution in [3.8, 4) is 0 Å². The minimum atomic E-state index is -0.0143. The molecular weight excluding hydrogens is 412 g/mol. The van der Waals surface area contributed by atoms with E-state index in [4.69, 9.17) is 9.97 Å². The fraction of sp³-hybridized carbons (Fsp3) is 0.435. The lowest BCUT2D eigenvalue weighted by Gasteiger charge is -2.14. The Morgan fingerprint density at radius 1 is 1.17 bits per heavy atom. The second-order valence-electron chi connectivity index (χ2n) is 8.21. The molecule has 0 bridgehead atoms. The van der Waals surface area contributed by atoms with Crippen molar-refractivity contribution in [3.63, 3.8) is 0 Å². The maximum atomic E-state index is 12.6. The van der Waals surface area contributed by atoms with E-state index in [0.29, 0.717) is 5.75 Å². The van der Waals surface area contributed by atoms with Crippen molar-refractivity contribution in [3.05, 3.63) is 40.5 Å². The summed E-state index contributed by atoms with van der Waals surface area (Å²) in [4.78, 5) is 26.9. The molecule has 0 atom stereocenters. The van der Waals surface area contributed by atoms with Crippen LogP contribution in [0.3, 0.4) is 0 Å². The maximum Gasteiger partial charge on any atom is 0.234 e. The largest absolute Gasteiger partial charge is 0.378 e. The van der Waals surface area contributed by atoms with Crippen molar-refractivity contribution in [2.75, 3.05) is 30.1 Å². The van der Waals surface area contributed by atoms with E-state index in [9.17, 15) is 4.79 Å². The van der Waals surface area contributed by atoms with Gasteiger partial charge >= 0.3 is 0 Å². The molecule has 5 nitrogen and oxygen atoms in total. The van der Waals surface area contributed by atoms with Crippen molar-refractivity contribution >= 4 is 50.6 Å². The molecule has 0 unspecified atom stereocenters. The van der Waals surface area contributed by atoms with Crippen LogP contribution in [0.4, 0.5) is 11.4 Å². The topological polar surface area (TPSA) is 58.1 Å². The highest BCUT2D eigenvalue weighted by Crippen LogP contribution is 2.40. The number of thioether (sulfide) groups is 1. The predicted octanol–water partition coefficient (Wildman–Crippen LogP) is 5.49. The molecule has 4 rings (SSSR count). The van der Waals surface area contributed by atoms with E-state index >= 15 is 0 Å². The minimum absolute atomic E-state index is 0.0143. The van der Waals surface area contributed by atoms with E-state index in [1.54, 1.807) is 0 Å². The Balaban J connectivity index is 1.53. The number of nitrogens with zero attached hydrogens (tertiary/aromatic N) is 3. The average Bonchev–Trinajstić information content (AvgIpc) is 3.11. The van der Waals surface area contributed by atoms with E-state index in [2.05, 4.69) is 19.2 Å². The van der Waals surface area contributed by atoms with Gasteiger partial charge in [0.15, 0.2) is 0 Å². The summed E-state index contributed by atoms with van der Waals surface area (Å²) >= 11 is 3.35. The first-order valence-electron chi connectivity index (χ1n) is 10.4. The van der Waals surface area contributed by atoms with Crippen LogP contribution in [-0.4, -0.2) is 35.7 Å². The normalized spacial score (nSPS) is 13.5. The lowest BCUT2D eigenvalue weighted by Crippen LogP contribution is -2.15. The molecule has 3 aromatic rings. The highest BCUT2D eigenvalue weighted by Gasteiger charge is 2.22. The fourth-order valence-electron chi connectivity index (χ4n) is 3.68. The molecule has 0 fully saturated rings. The van der Waals surface area contributed by atoms with Gasteiger partial charge < -0.3 is 10.2 Å². The molecule has 0 saturated carbocycles. The number of benzene rings is 1. The quantitative estimate of drug-likeness (QED) is 0.406. The van der Waals surface area contributed by atoms with Crippen LogP contribution in [0.2, 0.25) is 0 Å². The number of rotatable bonds is 6. The number of amides is 1. The lowest BCUT2D eigenvalue weighted by atomic mass is 9.97. The zero-order valence-electron chi connectivity index (χ0n) is 18.0. The molecule has 30 heavy (non-hydrogen) atoms. The van der Waals surface area contributed by atoms with Gasteiger partial charge in [-0.15, -0.1) is 11.3 Å². The number of thiophene rings is 1. The third-order valence-corrected chi connectivity index (χ3v) is 7.48. The van der Waals surface area contributed by atoms with Gasteiger partial charge in [-0.1, -0.05) is 25.6 Å². The van der Waals surface area contributed by atoms with E-state index in [-0.39, 0.29) is 11.8 Å². The monoisotopic (exact) mass is 440 g/mol. The van der Waals surface area contributed by atoms with Crippen LogP contribution in [0.15, 0.2) is 29.3 Å². The first-order chi connectivity index (χ1) is 14.4. The molecule has 2 heterocycles. The van der Waals surface area contributed by atoms with Gasteiger partial charge in [-0.3, -0.25) is 4.79 Å². The Hall–Kier alpha value is -2.12. The number of nitrogens with one attached hydrogen (secondary N) is 1. The van der Waals surface area contributed by atoms with Crippen LogP contribution in [0.5, 0.6) is 0 Å². The molecule has 0 spiro atoms. The molecule has 0 aliphatic heterocycles. The molecule has 0 radical (unpaired) electrons. The summed E-state index contributed by atoms with van der Waals surface area (Å²) in [5.41, 5.74) is 3.34. The molecule has 1 N–H and O–H groups in total. The molecule has 158 valence electrons.